The number of carbonyl (C=O) groups is 2. The molecule has 0 fully saturated rings. The summed E-state index contributed by atoms with van der Waals surface area (Å²) in [6.07, 6.45) is 0. The van der Waals surface area contributed by atoms with Gasteiger partial charge in [-0.1, -0.05) is 18.2 Å². The van der Waals surface area contributed by atoms with Crippen LogP contribution in [0.25, 0.3) is 11.0 Å². The van der Waals surface area contributed by atoms with Gasteiger partial charge in [0.2, 0.25) is 5.78 Å². The highest BCUT2D eigenvalue weighted by Gasteiger charge is 2.29. The Morgan fingerprint density at radius 3 is 2.45 bits per heavy atom. The Hall–Kier alpha value is -2.10. The molecule has 2 aromatic rings. The van der Waals surface area contributed by atoms with Gasteiger partial charge in [0.05, 0.1) is 0 Å². The number of Topliss-reactive ketones (excluding diaryl/α,β-unsaturated/α-hetero) is 1. The molecular weight excluding hydrogens is 256 g/mol. The number of esters is 1. The van der Waals surface area contributed by atoms with Crippen LogP contribution < -0.4 is 0 Å². The van der Waals surface area contributed by atoms with E-state index in [1.165, 1.54) is 6.92 Å². The van der Waals surface area contributed by atoms with E-state index in [0.717, 1.165) is 5.39 Å². The molecule has 2 rings (SSSR count). The quantitative estimate of drug-likeness (QED) is 0.487. The predicted octanol–water partition coefficient (Wildman–Crippen LogP) is 3.59. The van der Waals surface area contributed by atoms with E-state index < -0.39 is 17.5 Å². The second kappa shape index (κ2) is 5.12. The van der Waals surface area contributed by atoms with Crippen molar-refractivity contribution in [3.8, 4) is 0 Å². The lowest BCUT2D eigenvalue weighted by Gasteiger charge is -2.21. The Morgan fingerprint density at radius 2 is 1.85 bits per heavy atom. The van der Waals surface area contributed by atoms with Gasteiger partial charge in [-0.15, -0.1) is 0 Å². The summed E-state index contributed by atoms with van der Waals surface area (Å²) in [5.74, 6) is -1.60. The second-order valence-corrected chi connectivity index (χ2v) is 5.77. The maximum absolute atomic E-state index is 12.2. The van der Waals surface area contributed by atoms with Gasteiger partial charge >= 0.3 is 5.97 Å². The Bertz CT molecular complexity index is 613. The summed E-state index contributed by atoms with van der Waals surface area (Å²) < 4.78 is 10.7. The molecule has 0 aliphatic rings. The van der Waals surface area contributed by atoms with Crippen molar-refractivity contribution in [2.75, 3.05) is 0 Å². The van der Waals surface area contributed by atoms with Crippen LogP contribution in [-0.4, -0.2) is 17.4 Å². The van der Waals surface area contributed by atoms with Crippen LogP contribution in [0.1, 0.15) is 38.2 Å². The van der Waals surface area contributed by atoms with Crippen LogP contribution in [0.5, 0.6) is 0 Å². The van der Waals surface area contributed by atoms with Crippen molar-refractivity contribution < 1.29 is 18.7 Å². The molecule has 0 bridgehead atoms. The minimum atomic E-state index is -0.880. The van der Waals surface area contributed by atoms with E-state index in [4.69, 9.17) is 9.15 Å². The van der Waals surface area contributed by atoms with E-state index in [1.54, 1.807) is 32.9 Å². The predicted molar refractivity (Wildman–Crippen MR) is 75.6 cm³/mol. The summed E-state index contributed by atoms with van der Waals surface area (Å²) in [6.45, 7) is 6.83. The number of ether oxygens (including phenoxy) is 1. The van der Waals surface area contributed by atoms with Gasteiger partial charge < -0.3 is 9.15 Å². The first-order valence-electron chi connectivity index (χ1n) is 6.53. The van der Waals surface area contributed by atoms with Gasteiger partial charge in [0.25, 0.3) is 0 Å². The first-order valence-corrected chi connectivity index (χ1v) is 6.53. The van der Waals surface area contributed by atoms with Crippen LogP contribution in [-0.2, 0) is 9.53 Å². The zero-order chi connectivity index (χ0) is 14.9. The molecule has 106 valence electrons. The maximum atomic E-state index is 12.2. The third kappa shape index (κ3) is 3.07. The number of hydrogen-bond acceptors (Lipinski definition) is 4. The monoisotopic (exact) mass is 274 g/mol. The molecule has 1 aromatic carbocycles. The van der Waals surface area contributed by atoms with Gasteiger partial charge in [-0.3, -0.25) is 9.59 Å². The number of fused-ring (bicyclic) bond motifs is 1. The molecule has 1 aromatic heterocycles. The molecule has 0 saturated heterocycles. The summed E-state index contributed by atoms with van der Waals surface area (Å²) >= 11 is 0. The van der Waals surface area contributed by atoms with Gasteiger partial charge in [0, 0.05) is 5.39 Å². The average molecular weight is 274 g/mol. The number of rotatable bonds is 3. The van der Waals surface area contributed by atoms with E-state index >= 15 is 0 Å². The summed E-state index contributed by atoms with van der Waals surface area (Å²) in [7, 11) is 0. The Labute approximate surface area is 117 Å². The first-order chi connectivity index (χ1) is 9.28. The number of carbonyl (C=O) groups excluding carboxylic acids is 2. The molecule has 0 saturated carbocycles. The van der Waals surface area contributed by atoms with Crippen LogP contribution in [0, 0.1) is 5.92 Å². The second-order valence-electron chi connectivity index (χ2n) is 5.77. The van der Waals surface area contributed by atoms with E-state index in [0.29, 0.717) is 5.58 Å². The van der Waals surface area contributed by atoms with Gasteiger partial charge in [0.15, 0.2) is 5.76 Å². The molecule has 0 aliphatic carbocycles. The molecular formula is C16H18O4. The molecule has 0 radical (unpaired) electrons. The van der Waals surface area contributed by atoms with E-state index in [-0.39, 0.29) is 11.5 Å². The molecule has 0 spiro atoms. The minimum Gasteiger partial charge on any atom is -0.459 e. The van der Waals surface area contributed by atoms with Crippen molar-refractivity contribution in [1.29, 1.82) is 0 Å². The van der Waals surface area contributed by atoms with E-state index in [2.05, 4.69) is 0 Å². The van der Waals surface area contributed by atoms with Crippen molar-refractivity contribution in [2.24, 2.45) is 5.92 Å². The zero-order valence-electron chi connectivity index (χ0n) is 12.1. The molecule has 4 heteroatoms. The highest BCUT2D eigenvalue weighted by Crippen LogP contribution is 2.22. The number of hydrogen-bond donors (Lipinski definition) is 0. The summed E-state index contributed by atoms with van der Waals surface area (Å²) in [4.78, 5) is 24.2. The number of ketones is 1. The smallest absolute Gasteiger partial charge is 0.317 e. The van der Waals surface area contributed by atoms with Crippen molar-refractivity contribution in [3.05, 3.63) is 36.1 Å². The fraction of sp³-hybridized carbons (Fsp3) is 0.375. The van der Waals surface area contributed by atoms with Gasteiger partial charge in [0.1, 0.15) is 17.1 Å². The van der Waals surface area contributed by atoms with Crippen LogP contribution in [0.2, 0.25) is 0 Å². The van der Waals surface area contributed by atoms with Crippen LogP contribution in [0.3, 0.4) is 0 Å². The average Bonchev–Trinajstić information content (AvgIpc) is 2.78. The Morgan fingerprint density at radius 1 is 1.20 bits per heavy atom. The molecule has 0 aliphatic heterocycles. The Balaban J connectivity index is 2.20. The topological polar surface area (TPSA) is 56.5 Å². The number of furan rings is 1. The summed E-state index contributed by atoms with van der Waals surface area (Å²) in [5.41, 5.74) is 0.0201. The summed E-state index contributed by atoms with van der Waals surface area (Å²) in [6, 6.07) is 8.98. The van der Waals surface area contributed by atoms with Crippen molar-refractivity contribution in [2.45, 2.75) is 33.3 Å². The standard InChI is InChI=1S/C16H18O4/c1-10(15(18)20-16(2,3)4)14(17)13-9-11-7-5-6-8-12(11)19-13/h5-10H,1-4H3. The van der Waals surface area contributed by atoms with Crippen LogP contribution >= 0.6 is 0 Å². The number of para-hydroxylation sites is 1. The third-order valence-corrected chi connectivity index (χ3v) is 2.82. The molecule has 0 N–H and O–H groups in total. The normalized spacial score (nSPS) is 13.2. The van der Waals surface area contributed by atoms with Crippen molar-refractivity contribution >= 4 is 22.7 Å². The fourth-order valence-corrected chi connectivity index (χ4v) is 1.81. The molecule has 1 unspecified atom stereocenters. The highest BCUT2D eigenvalue weighted by atomic mass is 16.6. The largest absolute Gasteiger partial charge is 0.459 e. The lowest BCUT2D eigenvalue weighted by Crippen LogP contribution is -2.31. The molecule has 1 atom stereocenters. The molecule has 0 amide bonds. The molecule has 20 heavy (non-hydrogen) atoms. The number of benzene rings is 1. The van der Waals surface area contributed by atoms with E-state index in [1.807, 2.05) is 18.2 Å². The van der Waals surface area contributed by atoms with Gasteiger partial charge in [-0.25, -0.2) is 0 Å². The maximum Gasteiger partial charge on any atom is 0.317 e. The Kier molecular flexibility index (Phi) is 3.66. The third-order valence-electron chi connectivity index (χ3n) is 2.82. The van der Waals surface area contributed by atoms with Crippen LogP contribution in [0.15, 0.2) is 34.7 Å². The minimum absolute atomic E-state index is 0.185. The van der Waals surface area contributed by atoms with Crippen molar-refractivity contribution in [3.63, 3.8) is 0 Å². The van der Waals surface area contributed by atoms with Crippen molar-refractivity contribution in [1.82, 2.24) is 0 Å². The van der Waals surface area contributed by atoms with E-state index in [9.17, 15) is 9.59 Å². The SMILES string of the molecule is CC(C(=O)OC(C)(C)C)C(=O)c1cc2ccccc2o1. The fourth-order valence-electron chi connectivity index (χ4n) is 1.81. The highest BCUT2D eigenvalue weighted by molar-refractivity contribution is 6.08. The lowest BCUT2D eigenvalue weighted by atomic mass is 10.0. The first kappa shape index (κ1) is 14.3. The van der Waals surface area contributed by atoms with Gasteiger partial charge in [-0.05, 0) is 39.8 Å². The van der Waals surface area contributed by atoms with Crippen LogP contribution in [0.4, 0.5) is 0 Å². The zero-order valence-corrected chi connectivity index (χ0v) is 12.1. The van der Waals surface area contributed by atoms with Gasteiger partial charge in [-0.2, -0.15) is 0 Å². The summed E-state index contributed by atoms with van der Waals surface area (Å²) in [5, 5.41) is 0.840. The molecule has 1 heterocycles. The lowest BCUT2D eigenvalue weighted by molar-refractivity contribution is -0.157. The molecule has 4 nitrogen and oxygen atoms in total.